The van der Waals surface area contributed by atoms with Crippen molar-refractivity contribution in [3.05, 3.63) is 66.7 Å². The van der Waals surface area contributed by atoms with Crippen LogP contribution in [0.4, 0.5) is 11.4 Å². The summed E-state index contributed by atoms with van der Waals surface area (Å²) in [5.41, 5.74) is 1.81. The van der Waals surface area contributed by atoms with Gasteiger partial charge in [0, 0.05) is 16.9 Å². The summed E-state index contributed by atoms with van der Waals surface area (Å²) >= 11 is 0. The molecule has 2 amide bonds. The molecule has 0 saturated heterocycles. The van der Waals surface area contributed by atoms with Crippen molar-refractivity contribution in [2.24, 2.45) is 5.92 Å². The minimum absolute atomic E-state index is 0.207. The van der Waals surface area contributed by atoms with E-state index in [0.29, 0.717) is 22.9 Å². The fraction of sp³-hybridized carbons (Fsp3) is 0.273. The van der Waals surface area contributed by atoms with Gasteiger partial charge in [0.2, 0.25) is 5.91 Å². The number of hydrogen-bond acceptors (Lipinski definition) is 5. The molecule has 154 valence electrons. The Balaban J connectivity index is 1.30. The number of anilines is 2. The minimum Gasteiger partial charge on any atom is -0.493 e. The summed E-state index contributed by atoms with van der Waals surface area (Å²) in [6, 6.07) is 13.6. The third-order valence-electron chi connectivity index (χ3n) is 4.92. The van der Waals surface area contributed by atoms with Crippen LogP contribution in [0, 0.1) is 5.92 Å². The molecule has 4 rings (SSSR count). The van der Waals surface area contributed by atoms with E-state index in [1.165, 1.54) is 30.2 Å². The highest BCUT2D eigenvalue weighted by molar-refractivity contribution is 6.04. The van der Waals surface area contributed by atoms with Crippen molar-refractivity contribution in [2.45, 2.75) is 25.8 Å². The Morgan fingerprint density at radius 3 is 2.33 bits per heavy atom. The third kappa shape index (κ3) is 5.02. The number of nitrogens with zero attached hydrogens (tertiary/aromatic N) is 3. The highest BCUT2D eigenvalue weighted by Gasteiger charge is 2.22. The van der Waals surface area contributed by atoms with Gasteiger partial charge in [-0.2, -0.15) is 5.10 Å². The van der Waals surface area contributed by atoms with Gasteiger partial charge in [-0.3, -0.25) is 9.59 Å². The first-order chi connectivity index (χ1) is 14.6. The fourth-order valence-electron chi connectivity index (χ4n) is 2.83. The molecule has 8 heteroatoms. The van der Waals surface area contributed by atoms with Crippen LogP contribution in [-0.4, -0.2) is 33.2 Å². The lowest BCUT2D eigenvalue weighted by Crippen LogP contribution is -2.24. The molecule has 1 aliphatic carbocycles. The van der Waals surface area contributed by atoms with Gasteiger partial charge in [-0.15, -0.1) is 0 Å². The van der Waals surface area contributed by atoms with E-state index in [4.69, 9.17) is 4.74 Å². The molecule has 0 bridgehead atoms. The molecule has 1 aliphatic rings. The van der Waals surface area contributed by atoms with E-state index in [0.717, 1.165) is 12.4 Å². The van der Waals surface area contributed by atoms with Crippen LogP contribution in [0.5, 0.6) is 5.75 Å². The Bertz CT molecular complexity index is 996. The molecule has 1 aromatic heterocycles. The van der Waals surface area contributed by atoms with Gasteiger partial charge < -0.3 is 15.4 Å². The first kappa shape index (κ1) is 19.6. The Hall–Kier alpha value is -3.68. The highest BCUT2D eigenvalue weighted by Crippen LogP contribution is 2.29. The zero-order chi connectivity index (χ0) is 20.9. The van der Waals surface area contributed by atoms with E-state index >= 15 is 0 Å². The quantitative estimate of drug-likeness (QED) is 0.598. The van der Waals surface area contributed by atoms with Crippen molar-refractivity contribution in [3.63, 3.8) is 0 Å². The third-order valence-corrected chi connectivity index (χ3v) is 4.92. The van der Waals surface area contributed by atoms with Gasteiger partial charge in [0.05, 0.1) is 6.61 Å². The molecule has 2 N–H and O–H groups in total. The molecule has 0 spiro atoms. The lowest BCUT2D eigenvalue weighted by atomic mass is 10.2. The summed E-state index contributed by atoms with van der Waals surface area (Å²) in [7, 11) is 0. The first-order valence-electron chi connectivity index (χ1n) is 9.88. The summed E-state index contributed by atoms with van der Waals surface area (Å²) in [6.07, 6.45) is 5.36. The van der Waals surface area contributed by atoms with Gasteiger partial charge in [0.1, 0.15) is 24.4 Å². The van der Waals surface area contributed by atoms with E-state index in [-0.39, 0.29) is 11.8 Å². The van der Waals surface area contributed by atoms with E-state index in [9.17, 15) is 9.59 Å². The van der Waals surface area contributed by atoms with Crippen LogP contribution < -0.4 is 15.4 Å². The largest absolute Gasteiger partial charge is 0.493 e. The molecule has 2 aromatic carbocycles. The zero-order valence-electron chi connectivity index (χ0n) is 16.6. The molecule has 1 heterocycles. The van der Waals surface area contributed by atoms with Crippen molar-refractivity contribution >= 4 is 23.2 Å². The maximum Gasteiger partial charge on any atom is 0.255 e. The maximum absolute atomic E-state index is 12.4. The average Bonchev–Trinajstić information content (AvgIpc) is 3.44. The van der Waals surface area contributed by atoms with E-state index in [1.54, 1.807) is 43.3 Å². The Labute approximate surface area is 174 Å². The van der Waals surface area contributed by atoms with E-state index < -0.39 is 6.04 Å². The van der Waals surface area contributed by atoms with Crippen LogP contribution >= 0.6 is 0 Å². The van der Waals surface area contributed by atoms with Gasteiger partial charge in [0.15, 0.2) is 0 Å². The lowest BCUT2D eigenvalue weighted by Gasteiger charge is -2.12. The average molecular weight is 405 g/mol. The summed E-state index contributed by atoms with van der Waals surface area (Å²) in [4.78, 5) is 28.6. The monoisotopic (exact) mass is 405 g/mol. The summed E-state index contributed by atoms with van der Waals surface area (Å²) < 4.78 is 7.17. The normalized spacial score (nSPS) is 14.0. The van der Waals surface area contributed by atoms with Crippen molar-refractivity contribution in [1.82, 2.24) is 14.8 Å². The second-order valence-corrected chi connectivity index (χ2v) is 7.35. The number of ether oxygens (including phenoxy) is 1. The summed E-state index contributed by atoms with van der Waals surface area (Å²) in [6.45, 7) is 2.48. The van der Waals surface area contributed by atoms with Crippen molar-refractivity contribution in [1.29, 1.82) is 0 Å². The highest BCUT2D eigenvalue weighted by atomic mass is 16.5. The SMILES string of the molecule is CC(C(=O)Nc1ccc(NC(=O)c2ccc(OCC3CC3)cc2)cc1)n1cncn1. The Morgan fingerprint density at radius 2 is 1.73 bits per heavy atom. The lowest BCUT2D eigenvalue weighted by molar-refractivity contribution is -0.119. The van der Waals surface area contributed by atoms with Gasteiger partial charge in [-0.05, 0) is 74.2 Å². The molecule has 3 aromatic rings. The number of carbonyl (C=O) groups excluding carboxylic acids is 2. The molecular formula is C22H23N5O3. The summed E-state index contributed by atoms with van der Waals surface area (Å²) in [5.74, 6) is 1.05. The molecule has 1 saturated carbocycles. The van der Waals surface area contributed by atoms with Crippen LogP contribution in [-0.2, 0) is 4.79 Å². The molecule has 1 atom stereocenters. The number of rotatable bonds is 8. The topological polar surface area (TPSA) is 98.1 Å². The predicted molar refractivity (Wildman–Crippen MR) is 112 cm³/mol. The van der Waals surface area contributed by atoms with Gasteiger partial charge in [-0.25, -0.2) is 9.67 Å². The van der Waals surface area contributed by atoms with Crippen LogP contribution in [0.1, 0.15) is 36.2 Å². The van der Waals surface area contributed by atoms with Crippen molar-refractivity contribution < 1.29 is 14.3 Å². The van der Waals surface area contributed by atoms with Crippen LogP contribution in [0.3, 0.4) is 0 Å². The number of aromatic nitrogens is 3. The van der Waals surface area contributed by atoms with Crippen molar-refractivity contribution in [2.75, 3.05) is 17.2 Å². The first-order valence-corrected chi connectivity index (χ1v) is 9.88. The molecule has 8 nitrogen and oxygen atoms in total. The molecule has 0 radical (unpaired) electrons. The minimum atomic E-state index is -0.483. The van der Waals surface area contributed by atoms with Crippen LogP contribution in [0.25, 0.3) is 0 Å². The molecular weight excluding hydrogens is 382 g/mol. The van der Waals surface area contributed by atoms with Gasteiger partial charge in [0.25, 0.3) is 5.91 Å². The zero-order valence-corrected chi connectivity index (χ0v) is 16.6. The molecule has 30 heavy (non-hydrogen) atoms. The second kappa shape index (κ2) is 8.77. The number of carbonyl (C=O) groups is 2. The predicted octanol–water partition coefficient (Wildman–Crippen LogP) is 3.52. The van der Waals surface area contributed by atoms with E-state index in [2.05, 4.69) is 20.7 Å². The Kier molecular flexibility index (Phi) is 5.74. The van der Waals surface area contributed by atoms with E-state index in [1.807, 2.05) is 12.1 Å². The maximum atomic E-state index is 12.4. The fourth-order valence-corrected chi connectivity index (χ4v) is 2.83. The van der Waals surface area contributed by atoms with Crippen molar-refractivity contribution in [3.8, 4) is 5.75 Å². The van der Waals surface area contributed by atoms with Crippen LogP contribution in [0.2, 0.25) is 0 Å². The Morgan fingerprint density at radius 1 is 1.07 bits per heavy atom. The number of amides is 2. The molecule has 0 aliphatic heterocycles. The van der Waals surface area contributed by atoms with Gasteiger partial charge >= 0.3 is 0 Å². The number of nitrogens with one attached hydrogen (secondary N) is 2. The second-order valence-electron chi connectivity index (χ2n) is 7.35. The molecule has 1 fully saturated rings. The number of hydrogen-bond donors (Lipinski definition) is 2. The smallest absolute Gasteiger partial charge is 0.255 e. The molecule has 1 unspecified atom stereocenters. The number of benzene rings is 2. The summed E-state index contributed by atoms with van der Waals surface area (Å²) in [5, 5.41) is 9.64. The van der Waals surface area contributed by atoms with Gasteiger partial charge in [-0.1, -0.05) is 0 Å². The van der Waals surface area contributed by atoms with Crippen LogP contribution in [0.15, 0.2) is 61.2 Å². The standard InChI is InChI=1S/C22H23N5O3/c1-15(27-14-23-13-24-27)21(28)25-18-6-8-19(9-7-18)26-22(29)17-4-10-20(11-5-17)30-12-16-2-3-16/h4-11,13-16H,2-3,12H2,1H3,(H,25,28)(H,26,29).